The van der Waals surface area contributed by atoms with Crippen LogP contribution in [0.25, 0.3) is 0 Å². The molecule has 112 valence electrons. The lowest BCUT2D eigenvalue weighted by molar-refractivity contribution is -0.141. The Morgan fingerprint density at radius 3 is 2.35 bits per heavy atom. The number of alkyl halides is 3. The number of carbonyl (C=O) groups is 1. The lowest BCUT2D eigenvalue weighted by Gasteiger charge is -2.16. The Hall–Kier alpha value is -1.56. The van der Waals surface area contributed by atoms with Crippen LogP contribution >= 0.6 is 0 Å². The van der Waals surface area contributed by atoms with Crippen molar-refractivity contribution in [1.29, 1.82) is 0 Å². The molecular formula is C14H18F3NO2. The van der Waals surface area contributed by atoms with E-state index in [1.807, 2.05) is 6.92 Å². The second-order valence-corrected chi connectivity index (χ2v) is 4.46. The SMILES string of the molecule is CCC(CC(=O)OC)NCc1ccc(C(F)(F)F)cc1. The van der Waals surface area contributed by atoms with E-state index >= 15 is 0 Å². The molecule has 0 heterocycles. The van der Waals surface area contributed by atoms with E-state index < -0.39 is 11.7 Å². The van der Waals surface area contributed by atoms with Crippen molar-refractivity contribution in [3.63, 3.8) is 0 Å². The molecule has 1 atom stereocenters. The van der Waals surface area contributed by atoms with Crippen LogP contribution in [0.1, 0.15) is 30.9 Å². The first-order valence-corrected chi connectivity index (χ1v) is 6.33. The highest BCUT2D eigenvalue weighted by Gasteiger charge is 2.29. The number of ether oxygens (including phenoxy) is 1. The van der Waals surface area contributed by atoms with Gasteiger partial charge in [0.2, 0.25) is 0 Å². The molecule has 0 aliphatic carbocycles. The van der Waals surface area contributed by atoms with Gasteiger partial charge in [0.05, 0.1) is 19.1 Å². The van der Waals surface area contributed by atoms with Crippen molar-refractivity contribution >= 4 is 5.97 Å². The zero-order valence-electron chi connectivity index (χ0n) is 11.5. The summed E-state index contributed by atoms with van der Waals surface area (Å²) >= 11 is 0. The second kappa shape index (κ2) is 7.28. The van der Waals surface area contributed by atoms with Gasteiger partial charge in [-0.1, -0.05) is 19.1 Å². The van der Waals surface area contributed by atoms with Gasteiger partial charge in [-0.15, -0.1) is 0 Å². The molecular weight excluding hydrogens is 271 g/mol. The minimum Gasteiger partial charge on any atom is -0.469 e. The van der Waals surface area contributed by atoms with E-state index in [-0.39, 0.29) is 18.4 Å². The molecule has 20 heavy (non-hydrogen) atoms. The van der Waals surface area contributed by atoms with Crippen molar-refractivity contribution in [1.82, 2.24) is 5.32 Å². The number of esters is 1. The van der Waals surface area contributed by atoms with E-state index in [0.717, 1.165) is 24.1 Å². The van der Waals surface area contributed by atoms with Gasteiger partial charge in [0.25, 0.3) is 0 Å². The molecule has 0 radical (unpaired) electrons. The van der Waals surface area contributed by atoms with Gasteiger partial charge in [0.15, 0.2) is 0 Å². The number of nitrogens with one attached hydrogen (secondary N) is 1. The Morgan fingerprint density at radius 1 is 1.30 bits per heavy atom. The highest BCUT2D eigenvalue weighted by Crippen LogP contribution is 2.29. The van der Waals surface area contributed by atoms with Crippen molar-refractivity contribution in [2.75, 3.05) is 7.11 Å². The van der Waals surface area contributed by atoms with E-state index in [2.05, 4.69) is 10.1 Å². The summed E-state index contributed by atoms with van der Waals surface area (Å²) in [5, 5.41) is 3.13. The zero-order valence-corrected chi connectivity index (χ0v) is 11.5. The third-order valence-corrected chi connectivity index (χ3v) is 3.01. The maximum atomic E-state index is 12.4. The van der Waals surface area contributed by atoms with Crippen LogP contribution in [-0.2, 0) is 22.3 Å². The molecule has 0 aliphatic heterocycles. The van der Waals surface area contributed by atoms with Gasteiger partial charge in [0, 0.05) is 12.6 Å². The number of hydrogen-bond acceptors (Lipinski definition) is 3. The Kier molecular flexibility index (Phi) is 6.01. The van der Waals surface area contributed by atoms with E-state index in [9.17, 15) is 18.0 Å². The van der Waals surface area contributed by atoms with Gasteiger partial charge in [-0.05, 0) is 24.1 Å². The predicted octanol–water partition coefficient (Wildman–Crippen LogP) is 3.14. The van der Waals surface area contributed by atoms with Gasteiger partial charge in [-0.25, -0.2) is 0 Å². The summed E-state index contributed by atoms with van der Waals surface area (Å²) < 4.78 is 41.8. The van der Waals surface area contributed by atoms with Crippen LogP contribution in [0, 0.1) is 0 Å². The number of hydrogen-bond donors (Lipinski definition) is 1. The smallest absolute Gasteiger partial charge is 0.416 e. The Morgan fingerprint density at radius 2 is 1.90 bits per heavy atom. The fourth-order valence-electron chi connectivity index (χ4n) is 1.72. The molecule has 1 rings (SSSR count). The Labute approximate surface area is 116 Å². The molecule has 0 fully saturated rings. The van der Waals surface area contributed by atoms with Crippen molar-refractivity contribution < 1.29 is 22.7 Å². The molecule has 0 spiro atoms. The summed E-state index contributed by atoms with van der Waals surface area (Å²) in [4.78, 5) is 11.2. The maximum Gasteiger partial charge on any atom is 0.416 e. The minimum absolute atomic E-state index is 0.0512. The predicted molar refractivity (Wildman–Crippen MR) is 69.0 cm³/mol. The van der Waals surface area contributed by atoms with Gasteiger partial charge in [-0.3, -0.25) is 4.79 Å². The van der Waals surface area contributed by atoms with Gasteiger partial charge >= 0.3 is 12.1 Å². The number of carbonyl (C=O) groups excluding carboxylic acids is 1. The summed E-state index contributed by atoms with van der Waals surface area (Å²) in [6, 6.07) is 4.92. The van der Waals surface area contributed by atoms with E-state index in [0.29, 0.717) is 6.54 Å². The van der Waals surface area contributed by atoms with E-state index in [1.165, 1.54) is 19.2 Å². The molecule has 0 saturated heterocycles. The monoisotopic (exact) mass is 289 g/mol. The maximum absolute atomic E-state index is 12.4. The first-order valence-electron chi connectivity index (χ1n) is 6.33. The molecule has 0 amide bonds. The molecule has 3 nitrogen and oxygen atoms in total. The quantitative estimate of drug-likeness (QED) is 0.818. The zero-order chi connectivity index (χ0) is 15.2. The number of methoxy groups -OCH3 is 1. The van der Waals surface area contributed by atoms with Gasteiger partial charge < -0.3 is 10.1 Å². The Bertz CT molecular complexity index is 429. The van der Waals surface area contributed by atoms with Crippen molar-refractivity contribution in [3.8, 4) is 0 Å². The summed E-state index contributed by atoms with van der Waals surface area (Å²) in [6.07, 6.45) is -3.34. The molecule has 1 aromatic carbocycles. The van der Waals surface area contributed by atoms with Gasteiger partial charge in [-0.2, -0.15) is 13.2 Å². The molecule has 1 N–H and O–H groups in total. The van der Waals surface area contributed by atoms with Crippen molar-refractivity contribution in [2.24, 2.45) is 0 Å². The van der Waals surface area contributed by atoms with Crippen LogP contribution in [0.5, 0.6) is 0 Å². The van der Waals surface area contributed by atoms with Crippen molar-refractivity contribution in [2.45, 2.75) is 38.5 Å². The van der Waals surface area contributed by atoms with Crippen molar-refractivity contribution in [3.05, 3.63) is 35.4 Å². The molecule has 0 aromatic heterocycles. The van der Waals surface area contributed by atoms with Crippen LogP contribution in [0.2, 0.25) is 0 Å². The molecule has 1 unspecified atom stereocenters. The first-order chi connectivity index (χ1) is 9.36. The fraction of sp³-hybridized carbons (Fsp3) is 0.500. The Balaban J connectivity index is 2.54. The average Bonchev–Trinajstić information content (AvgIpc) is 2.42. The standard InChI is InChI=1S/C14H18F3NO2/c1-3-12(8-13(19)20-2)18-9-10-4-6-11(7-5-10)14(15,16)17/h4-7,12,18H,3,8-9H2,1-2H3. The summed E-state index contributed by atoms with van der Waals surface area (Å²) in [5.41, 5.74) is 0.0733. The number of benzene rings is 1. The summed E-state index contributed by atoms with van der Waals surface area (Å²) in [5.74, 6) is -0.309. The highest BCUT2D eigenvalue weighted by molar-refractivity contribution is 5.69. The summed E-state index contributed by atoms with van der Waals surface area (Å²) in [7, 11) is 1.32. The number of rotatable bonds is 6. The fourth-order valence-corrected chi connectivity index (χ4v) is 1.72. The van der Waals surface area contributed by atoms with Crippen LogP contribution in [0.4, 0.5) is 13.2 Å². The van der Waals surface area contributed by atoms with Crippen LogP contribution in [0.15, 0.2) is 24.3 Å². The number of halogens is 3. The van der Waals surface area contributed by atoms with Gasteiger partial charge in [0.1, 0.15) is 0 Å². The van der Waals surface area contributed by atoms with Crippen LogP contribution in [-0.4, -0.2) is 19.1 Å². The topological polar surface area (TPSA) is 38.3 Å². The summed E-state index contributed by atoms with van der Waals surface area (Å²) in [6.45, 7) is 2.33. The highest BCUT2D eigenvalue weighted by atomic mass is 19.4. The molecule has 1 aromatic rings. The van der Waals surface area contributed by atoms with E-state index in [1.54, 1.807) is 0 Å². The third-order valence-electron chi connectivity index (χ3n) is 3.01. The van der Waals surface area contributed by atoms with Crippen LogP contribution in [0.3, 0.4) is 0 Å². The molecule has 0 saturated carbocycles. The lowest BCUT2D eigenvalue weighted by atomic mass is 10.1. The molecule has 0 aliphatic rings. The second-order valence-electron chi connectivity index (χ2n) is 4.46. The lowest BCUT2D eigenvalue weighted by Crippen LogP contribution is -2.30. The van der Waals surface area contributed by atoms with Crippen LogP contribution < -0.4 is 5.32 Å². The largest absolute Gasteiger partial charge is 0.469 e. The molecule has 0 bridgehead atoms. The first kappa shape index (κ1) is 16.5. The normalized spacial score (nSPS) is 13.1. The average molecular weight is 289 g/mol. The van der Waals surface area contributed by atoms with E-state index in [4.69, 9.17) is 0 Å². The minimum atomic E-state index is -4.32. The molecule has 6 heteroatoms. The third kappa shape index (κ3) is 5.21.